The van der Waals surface area contributed by atoms with Crippen LogP contribution in [0.2, 0.25) is 0 Å². The number of amides is 1. The molecule has 0 aliphatic carbocycles. The number of nitrogens with one attached hydrogen (secondary N) is 1. The molecule has 0 aliphatic rings. The summed E-state index contributed by atoms with van der Waals surface area (Å²) in [5.74, 6) is -0.0805. The normalized spacial score (nSPS) is 10.4. The van der Waals surface area contributed by atoms with Crippen molar-refractivity contribution in [2.45, 2.75) is 13.3 Å². The van der Waals surface area contributed by atoms with Crippen LogP contribution >= 0.6 is 0 Å². The first-order valence-corrected chi connectivity index (χ1v) is 6.58. The molecule has 0 radical (unpaired) electrons. The molecule has 1 aromatic rings. The van der Waals surface area contributed by atoms with E-state index in [2.05, 4.69) is 5.32 Å². The summed E-state index contributed by atoms with van der Waals surface area (Å²) in [5, 5.41) is 11.1. The van der Waals surface area contributed by atoms with E-state index in [1.807, 2.05) is 6.92 Å². The monoisotopic (exact) mass is 293 g/mol. The quantitative estimate of drug-likeness (QED) is 0.713. The van der Waals surface area contributed by atoms with Gasteiger partial charge in [-0.05, 0) is 30.7 Å². The number of ether oxygens (including phenoxy) is 2. The van der Waals surface area contributed by atoms with Crippen LogP contribution < -0.4 is 14.8 Å². The molecule has 1 rings (SSSR count). The SMILES string of the molecule is CCOc1cc(C=CC(=O)O)ccc1OCCC(=O)NC. The first-order valence-electron chi connectivity index (χ1n) is 6.58. The smallest absolute Gasteiger partial charge is 0.328 e. The predicted molar refractivity (Wildman–Crippen MR) is 78.5 cm³/mol. The average Bonchev–Trinajstić information content (AvgIpc) is 2.47. The molecule has 21 heavy (non-hydrogen) atoms. The van der Waals surface area contributed by atoms with Gasteiger partial charge in [-0.1, -0.05) is 6.07 Å². The van der Waals surface area contributed by atoms with E-state index in [4.69, 9.17) is 14.6 Å². The van der Waals surface area contributed by atoms with Crippen molar-refractivity contribution in [1.82, 2.24) is 5.32 Å². The average molecular weight is 293 g/mol. The minimum atomic E-state index is -1.01. The van der Waals surface area contributed by atoms with Gasteiger partial charge in [0.1, 0.15) is 0 Å². The lowest BCUT2D eigenvalue weighted by atomic mass is 10.2. The first-order chi connectivity index (χ1) is 10.1. The maximum atomic E-state index is 11.1. The molecular formula is C15H19NO5. The van der Waals surface area contributed by atoms with Crippen molar-refractivity contribution >= 4 is 18.0 Å². The van der Waals surface area contributed by atoms with E-state index < -0.39 is 5.97 Å². The number of rotatable bonds is 8. The highest BCUT2D eigenvalue weighted by molar-refractivity contribution is 5.85. The van der Waals surface area contributed by atoms with Gasteiger partial charge in [0.05, 0.1) is 19.6 Å². The topological polar surface area (TPSA) is 84.9 Å². The van der Waals surface area contributed by atoms with Crippen LogP contribution in [0.5, 0.6) is 11.5 Å². The molecule has 0 spiro atoms. The second-order valence-electron chi connectivity index (χ2n) is 4.08. The third kappa shape index (κ3) is 5.99. The van der Waals surface area contributed by atoms with Crippen molar-refractivity contribution in [2.75, 3.05) is 20.3 Å². The minimum Gasteiger partial charge on any atom is -0.490 e. The standard InChI is InChI=1S/C15H19NO5/c1-3-20-13-10-11(5-7-15(18)19)4-6-12(13)21-9-8-14(17)16-2/h4-7,10H,3,8-9H2,1-2H3,(H,16,17)(H,18,19). The van der Waals surface area contributed by atoms with Crippen molar-refractivity contribution in [3.63, 3.8) is 0 Å². The lowest BCUT2D eigenvalue weighted by Gasteiger charge is -2.12. The van der Waals surface area contributed by atoms with Gasteiger partial charge in [0.15, 0.2) is 11.5 Å². The van der Waals surface area contributed by atoms with Gasteiger partial charge in [-0.15, -0.1) is 0 Å². The summed E-state index contributed by atoms with van der Waals surface area (Å²) >= 11 is 0. The third-order valence-electron chi connectivity index (χ3n) is 2.55. The van der Waals surface area contributed by atoms with Gasteiger partial charge in [0.25, 0.3) is 0 Å². The summed E-state index contributed by atoms with van der Waals surface area (Å²) < 4.78 is 11.0. The molecule has 0 fully saturated rings. The number of aliphatic carboxylic acids is 1. The Kier molecular flexibility index (Phi) is 6.80. The third-order valence-corrected chi connectivity index (χ3v) is 2.55. The van der Waals surface area contributed by atoms with Crippen LogP contribution in [-0.2, 0) is 9.59 Å². The van der Waals surface area contributed by atoms with Crippen molar-refractivity contribution in [1.29, 1.82) is 0 Å². The molecule has 1 aromatic carbocycles. The van der Waals surface area contributed by atoms with E-state index in [-0.39, 0.29) is 18.9 Å². The molecule has 114 valence electrons. The van der Waals surface area contributed by atoms with Crippen LogP contribution in [0.4, 0.5) is 0 Å². The number of carboxylic acids is 1. The lowest BCUT2D eigenvalue weighted by Crippen LogP contribution is -2.20. The molecule has 6 nitrogen and oxygen atoms in total. The highest BCUT2D eigenvalue weighted by Crippen LogP contribution is 2.29. The molecule has 0 saturated heterocycles. The predicted octanol–water partition coefficient (Wildman–Crippen LogP) is 1.70. The van der Waals surface area contributed by atoms with E-state index in [1.54, 1.807) is 25.2 Å². The Hall–Kier alpha value is -2.50. The Morgan fingerprint density at radius 1 is 1.29 bits per heavy atom. The zero-order valence-corrected chi connectivity index (χ0v) is 12.1. The molecule has 0 aromatic heterocycles. The van der Waals surface area contributed by atoms with Crippen molar-refractivity contribution in [3.05, 3.63) is 29.8 Å². The van der Waals surface area contributed by atoms with E-state index in [0.717, 1.165) is 6.08 Å². The number of hydrogen-bond acceptors (Lipinski definition) is 4. The first kappa shape index (κ1) is 16.6. The second kappa shape index (κ2) is 8.63. The maximum absolute atomic E-state index is 11.1. The fourth-order valence-electron chi connectivity index (χ4n) is 1.56. The van der Waals surface area contributed by atoms with Crippen molar-refractivity contribution in [3.8, 4) is 11.5 Å². The molecule has 1 amide bonds. The number of carbonyl (C=O) groups is 2. The van der Waals surface area contributed by atoms with Crippen molar-refractivity contribution < 1.29 is 24.2 Å². The summed E-state index contributed by atoms with van der Waals surface area (Å²) in [6.07, 6.45) is 2.78. The zero-order valence-electron chi connectivity index (χ0n) is 12.1. The van der Waals surface area contributed by atoms with Gasteiger partial charge in [0.2, 0.25) is 5.91 Å². The fourth-order valence-corrected chi connectivity index (χ4v) is 1.56. The molecule has 0 saturated carbocycles. The van der Waals surface area contributed by atoms with Gasteiger partial charge >= 0.3 is 5.97 Å². The Bertz CT molecular complexity index is 525. The Morgan fingerprint density at radius 2 is 2.05 bits per heavy atom. The van der Waals surface area contributed by atoms with E-state index >= 15 is 0 Å². The molecule has 0 aliphatic heterocycles. The summed E-state index contributed by atoms with van der Waals surface area (Å²) in [6, 6.07) is 5.10. The zero-order chi connectivity index (χ0) is 15.7. The lowest BCUT2D eigenvalue weighted by molar-refractivity contribution is -0.131. The molecule has 0 heterocycles. The van der Waals surface area contributed by atoms with E-state index in [1.165, 1.54) is 6.08 Å². The van der Waals surface area contributed by atoms with Gasteiger partial charge in [-0.3, -0.25) is 4.79 Å². The van der Waals surface area contributed by atoms with Gasteiger partial charge in [-0.25, -0.2) is 4.79 Å². The Labute approximate surface area is 123 Å². The van der Waals surface area contributed by atoms with Crippen LogP contribution in [0.15, 0.2) is 24.3 Å². The van der Waals surface area contributed by atoms with Crippen LogP contribution in [0.3, 0.4) is 0 Å². The van der Waals surface area contributed by atoms with Crippen LogP contribution in [0.1, 0.15) is 18.9 Å². The summed E-state index contributed by atoms with van der Waals surface area (Å²) in [5.41, 5.74) is 0.694. The molecule has 2 N–H and O–H groups in total. The summed E-state index contributed by atoms with van der Waals surface area (Å²) in [4.78, 5) is 21.6. The molecule has 6 heteroatoms. The molecular weight excluding hydrogens is 274 g/mol. The number of carbonyl (C=O) groups excluding carboxylic acids is 1. The van der Waals surface area contributed by atoms with E-state index in [9.17, 15) is 9.59 Å². The van der Waals surface area contributed by atoms with Crippen LogP contribution in [0.25, 0.3) is 6.08 Å². The Morgan fingerprint density at radius 3 is 2.67 bits per heavy atom. The highest BCUT2D eigenvalue weighted by atomic mass is 16.5. The molecule has 0 atom stereocenters. The van der Waals surface area contributed by atoms with Gasteiger partial charge in [-0.2, -0.15) is 0 Å². The summed E-state index contributed by atoms with van der Waals surface area (Å²) in [6.45, 7) is 2.54. The van der Waals surface area contributed by atoms with Gasteiger partial charge < -0.3 is 19.9 Å². The van der Waals surface area contributed by atoms with Crippen LogP contribution in [0, 0.1) is 0 Å². The molecule has 0 unspecified atom stereocenters. The number of hydrogen-bond donors (Lipinski definition) is 2. The highest BCUT2D eigenvalue weighted by Gasteiger charge is 2.07. The Balaban J connectivity index is 2.78. The largest absolute Gasteiger partial charge is 0.490 e. The van der Waals surface area contributed by atoms with Crippen LogP contribution in [-0.4, -0.2) is 37.2 Å². The van der Waals surface area contributed by atoms with Crippen molar-refractivity contribution in [2.24, 2.45) is 0 Å². The number of carboxylic acid groups (broad SMARTS) is 1. The second-order valence-corrected chi connectivity index (χ2v) is 4.08. The maximum Gasteiger partial charge on any atom is 0.328 e. The van der Waals surface area contributed by atoms with Gasteiger partial charge in [0, 0.05) is 13.1 Å². The summed E-state index contributed by atoms with van der Waals surface area (Å²) in [7, 11) is 1.57. The fraction of sp³-hybridized carbons (Fsp3) is 0.333. The number of benzene rings is 1. The molecule has 0 bridgehead atoms. The minimum absolute atomic E-state index is 0.103. The van der Waals surface area contributed by atoms with E-state index in [0.29, 0.717) is 23.7 Å².